The molecule has 0 fully saturated rings. The zero-order valence-electron chi connectivity index (χ0n) is 12.1. The summed E-state index contributed by atoms with van der Waals surface area (Å²) < 4.78 is 5.65. The van der Waals surface area contributed by atoms with Crippen molar-refractivity contribution in [3.63, 3.8) is 0 Å². The Kier molecular flexibility index (Phi) is 5.27. The second kappa shape index (κ2) is 7.17. The highest BCUT2D eigenvalue weighted by Crippen LogP contribution is 2.24. The van der Waals surface area contributed by atoms with Gasteiger partial charge >= 0.3 is 0 Å². The zero-order valence-corrected chi connectivity index (χ0v) is 12.9. The minimum Gasteiger partial charge on any atom is -0.463 e. The van der Waals surface area contributed by atoms with Crippen LogP contribution in [0.25, 0.3) is 0 Å². The molecule has 21 heavy (non-hydrogen) atoms. The van der Waals surface area contributed by atoms with Crippen LogP contribution in [0.3, 0.4) is 0 Å². The molecule has 6 heteroatoms. The number of nitrogens with one attached hydrogen (secondary N) is 1. The highest BCUT2D eigenvalue weighted by atomic mass is 32.2. The molecule has 1 heterocycles. The standard InChI is InChI=1S/C15H18N2O3S/c1-3-11-4-5-12(8-15(11)17(18)19)16-9-13-6-7-14(20-13)10-21-2/h4-8,16H,3,9-10H2,1-2H3. The number of nitro groups is 1. The van der Waals surface area contributed by atoms with Gasteiger partial charge in [0.1, 0.15) is 11.5 Å². The van der Waals surface area contributed by atoms with Gasteiger partial charge in [0.25, 0.3) is 5.69 Å². The predicted molar refractivity (Wildman–Crippen MR) is 85.7 cm³/mol. The fraction of sp³-hybridized carbons (Fsp3) is 0.333. The lowest BCUT2D eigenvalue weighted by Gasteiger charge is -2.06. The van der Waals surface area contributed by atoms with Gasteiger partial charge < -0.3 is 9.73 Å². The molecule has 0 aliphatic carbocycles. The molecule has 0 radical (unpaired) electrons. The van der Waals surface area contributed by atoms with E-state index in [9.17, 15) is 10.1 Å². The predicted octanol–water partition coefficient (Wildman–Crippen LogP) is 4.23. The van der Waals surface area contributed by atoms with Crippen molar-refractivity contribution in [2.45, 2.75) is 25.6 Å². The molecule has 2 rings (SSSR count). The summed E-state index contributed by atoms with van der Waals surface area (Å²) in [6, 6.07) is 9.10. The van der Waals surface area contributed by atoms with E-state index in [0.717, 1.165) is 28.5 Å². The highest BCUT2D eigenvalue weighted by molar-refractivity contribution is 7.97. The molecule has 0 spiro atoms. The lowest BCUT2D eigenvalue weighted by molar-refractivity contribution is -0.385. The molecule has 0 atom stereocenters. The van der Waals surface area contributed by atoms with Gasteiger partial charge in [-0.2, -0.15) is 11.8 Å². The van der Waals surface area contributed by atoms with E-state index < -0.39 is 0 Å². The first kappa shape index (κ1) is 15.4. The van der Waals surface area contributed by atoms with Gasteiger partial charge in [0.05, 0.1) is 17.2 Å². The maximum atomic E-state index is 11.0. The fourth-order valence-corrected chi connectivity index (χ4v) is 2.51. The van der Waals surface area contributed by atoms with Crippen LogP contribution in [0.2, 0.25) is 0 Å². The Morgan fingerprint density at radius 1 is 1.29 bits per heavy atom. The number of benzene rings is 1. The van der Waals surface area contributed by atoms with Gasteiger partial charge in [0.2, 0.25) is 0 Å². The van der Waals surface area contributed by atoms with E-state index in [1.165, 1.54) is 0 Å². The molecule has 1 N–H and O–H groups in total. The summed E-state index contributed by atoms with van der Waals surface area (Å²) in [6.45, 7) is 2.42. The largest absolute Gasteiger partial charge is 0.463 e. The van der Waals surface area contributed by atoms with Crippen LogP contribution in [-0.2, 0) is 18.7 Å². The van der Waals surface area contributed by atoms with Crippen LogP contribution in [0, 0.1) is 10.1 Å². The van der Waals surface area contributed by atoms with E-state index in [0.29, 0.717) is 13.0 Å². The average Bonchev–Trinajstić information content (AvgIpc) is 2.93. The van der Waals surface area contributed by atoms with Crippen molar-refractivity contribution in [1.82, 2.24) is 0 Å². The molecule has 1 aromatic heterocycles. The number of nitro benzene ring substituents is 1. The number of rotatable bonds is 7. The normalized spacial score (nSPS) is 10.6. The van der Waals surface area contributed by atoms with Crippen molar-refractivity contribution in [3.05, 3.63) is 57.5 Å². The average molecular weight is 306 g/mol. The van der Waals surface area contributed by atoms with E-state index >= 15 is 0 Å². The first-order valence-electron chi connectivity index (χ1n) is 6.71. The first-order chi connectivity index (χ1) is 10.1. The number of furan rings is 1. The number of hydrogen-bond donors (Lipinski definition) is 1. The van der Waals surface area contributed by atoms with E-state index in [4.69, 9.17) is 4.42 Å². The Morgan fingerprint density at radius 3 is 2.71 bits per heavy atom. The van der Waals surface area contributed by atoms with Gasteiger partial charge in [0, 0.05) is 17.3 Å². The lowest BCUT2D eigenvalue weighted by atomic mass is 10.1. The third kappa shape index (κ3) is 4.01. The van der Waals surface area contributed by atoms with Crippen LogP contribution in [0.5, 0.6) is 0 Å². The SMILES string of the molecule is CCc1ccc(NCc2ccc(CSC)o2)cc1[N+](=O)[O-]. The second-order valence-electron chi connectivity index (χ2n) is 4.61. The van der Waals surface area contributed by atoms with Gasteiger partial charge in [-0.1, -0.05) is 13.0 Å². The van der Waals surface area contributed by atoms with E-state index in [1.54, 1.807) is 23.9 Å². The molecule has 112 valence electrons. The maximum absolute atomic E-state index is 11.0. The van der Waals surface area contributed by atoms with Crippen molar-refractivity contribution in [2.24, 2.45) is 0 Å². The monoisotopic (exact) mass is 306 g/mol. The topological polar surface area (TPSA) is 68.3 Å². The van der Waals surface area contributed by atoms with Gasteiger partial charge in [-0.15, -0.1) is 0 Å². The first-order valence-corrected chi connectivity index (χ1v) is 8.11. The number of anilines is 1. The Bertz CT molecular complexity index is 625. The molecule has 2 aromatic rings. The van der Waals surface area contributed by atoms with Crippen molar-refractivity contribution in [3.8, 4) is 0 Å². The molecule has 5 nitrogen and oxygen atoms in total. The molecule has 0 saturated heterocycles. The maximum Gasteiger partial charge on any atom is 0.274 e. The smallest absolute Gasteiger partial charge is 0.274 e. The number of hydrogen-bond acceptors (Lipinski definition) is 5. The number of thioether (sulfide) groups is 1. The molecule has 1 aromatic carbocycles. The van der Waals surface area contributed by atoms with Crippen LogP contribution in [0.15, 0.2) is 34.7 Å². The van der Waals surface area contributed by atoms with Gasteiger partial charge in [-0.25, -0.2) is 0 Å². The summed E-state index contributed by atoms with van der Waals surface area (Å²) >= 11 is 1.70. The van der Waals surface area contributed by atoms with Gasteiger partial charge in [-0.3, -0.25) is 10.1 Å². The third-order valence-electron chi connectivity index (χ3n) is 3.13. The molecule has 0 amide bonds. The molecular weight excluding hydrogens is 288 g/mol. The van der Waals surface area contributed by atoms with Gasteiger partial charge in [0.15, 0.2) is 0 Å². The van der Waals surface area contributed by atoms with Crippen LogP contribution >= 0.6 is 11.8 Å². The van der Waals surface area contributed by atoms with E-state index in [1.807, 2.05) is 31.4 Å². The molecule has 0 bridgehead atoms. The molecule has 0 saturated carbocycles. The van der Waals surface area contributed by atoms with E-state index in [2.05, 4.69) is 5.32 Å². The fourth-order valence-electron chi connectivity index (χ4n) is 2.07. The Balaban J connectivity index is 2.05. The molecule has 0 unspecified atom stereocenters. The zero-order chi connectivity index (χ0) is 15.2. The van der Waals surface area contributed by atoms with Crippen molar-refractivity contribution in [2.75, 3.05) is 11.6 Å². The summed E-state index contributed by atoms with van der Waals surface area (Å²) in [4.78, 5) is 10.7. The summed E-state index contributed by atoms with van der Waals surface area (Å²) in [5.41, 5.74) is 1.62. The number of nitrogens with zero attached hydrogens (tertiary/aromatic N) is 1. The van der Waals surface area contributed by atoms with Crippen molar-refractivity contribution in [1.29, 1.82) is 0 Å². The highest BCUT2D eigenvalue weighted by Gasteiger charge is 2.13. The summed E-state index contributed by atoms with van der Waals surface area (Å²) in [6.07, 6.45) is 2.67. The van der Waals surface area contributed by atoms with Crippen molar-refractivity contribution >= 4 is 23.1 Å². The quantitative estimate of drug-likeness (QED) is 0.612. The Labute approximate surface area is 127 Å². The lowest BCUT2D eigenvalue weighted by Crippen LogP contribution is -2.01. The Hall–Kier alpha value is -1.95. The van der Waals surface area contributed by atoms with Gasteiger partial charge in [-0.05, 0) is 30.9 Å². The Morgan fingerprint density at radius 2 is 2.05 bits per heavy atom. The minimum atomic E-state index is -0.340. The minimum absolute atomic E-state index is 0.157. The molecule has 0 aliphatic rings. The van der Waals surface area contributed by atoms with Crippen LogP contribution in [-0.4, -0.2) is 11.2 Å². The van der Waals surface area contributed by atoms with E-state index in [-0.39, 0.29) is 10.6 Å². The summed E-state index contributed by atoms with van der Waals surface area (Å²) in [5.74, 6) is 2.60. The molecular formula is C15H18N2O3S. The number of aryl methyl sites for hydroxylation is 1. The van der Waals surface area contributed by atoms with Crippen molar-refractivity contribution < 1.29 is 9.34 Å². The third-order valence-corrected chi connectivity index (χ3v) is 3.71. The second-order valence-corrected chi connectivity index (χ2v) is 5.47. The summed E-state index contributed by atoms with van der Waals surface area (Å²) in [5, 5.41) is 14.2. The summed E-state index contributed by atoms with van der Waals surface area (Å²) in [7, 11) is 0. The van der Waals surface area contributed by atoms with Crippen LogP contribution < -0.4 is 5.32 Å². The molecule has 0 aliphatic heterocycles. The van der Waals surface area contributed by atoms with Crippen LogP contribution in [0.4, 0.5) is 11.4 Å². The van der Waals surface area contributed by atoms with Crippen LogP contribution in [0.1, 0.15) is 24.0 Å².